The number of carboxylic acid groups (broad SMARTS) is 1. The van der Waals surface area contributed by atoms with E-state index in [1.807, 2.05) is 13.8 Å². The number of rotatable bonds is 3. The Morgan fingerprint density at radius 3 is 2.64 bits per heavy atom. The van der Waals surface area contributed by atoms with Crippen molar-refractivity contribution < 1.29 is 19.4 Å². The van der Waals surface area contributed by atoms with E-state index in [-0.39, 0.29) is 18.3 Å². The van der Waals surface area contributed by atoms with Crippen molar-refractivity contribution in [3.8, 4) is 0 Å². The third-order valence-electron chi connectivity index (χ3n) is 2.13. The van der Waals surface area contributed by atoms with Gasteiger partial charge in [-0.3, -0.25) is 0 Å². The molecule has 1 aliphatic heterocycles. The molecule has 4 nitrogen and oxygen atoms in total. The number of epoxide rings is 1. The molecule has 4 heteroatoms. The lowest BCUT2D eigenvalue weighted by Gasteiger charge is -2.07. The summed E-state index contributed by atoms with van der Waals surface area (Å²) in [5, 5.41) is 8.21. The maximum atomic E-state index is 10.0. The zero-order valence-electron chi connectivity index (χ0n) is 6.66. The van der Waals surface area contributed by atoms with Gasteiger partial charge in [-0.2, -0.15) is 0 Å². The zero-order valence-corrected chi connectivity index (χ0v) is 6.66. The Labute approximate surface area is 65.1 Å². The molecule has 1 saturated heterocycles. The Morgan fingerprint density at radius 1 is 1.82 bits per heavy atom. The third kappa shape index (κ3) is 1.63. The van der Waals surface area contributed by atoms with Gasteiger partial charge in [-0.25, -0.2) is 4.79 Å². The summed E-state index contributed by atoms with van der Waals surface area (Å²) >= 11 is 0. The Kier molecular flexibility index (Phi) is 2.04. The Balaban J connectivity index is 2.30. The largest absolute Gasteiger partial charge is 0.505 e. The maximum absolute atomic E-state index is 10.0. The molecule has 1 heterocycles. The van der Waals surface area contributed by atoms with E-state index < -0.39 is 6.16 Å². The van der Waals surface area contributed by atoms with Gasteiger partial charge in [0.25, 0.3) is 0 Å². The van der Waals surface area contributed by atoms with Gasteiger partial charge >= 0.3 is 6.16 Å². The van der Waals surface area contributed by atoms with E-state index in [1.165, 1.54) is 0 Å². The minimum atomic E-state index is -1.24. The van der Waals surface area contributed by atoms with Crippen molar-refractivity contribution in [1.82, 2.24) is 0 Å². The monoisotopic (exact) mass is 160 g/mol. The van der Waals surface area contributed by atoms with Crippen LogP contribution in [-0.4, -0.2) is 29.6 Å². The van der Waals surface area contributed by atoms with Crippen LogP contribution >= 0.6 is 0 Å². The minimum absolute atomic E-state index is 0.131. The molecule has 0 aromatic rings. The maximum Gasteiger partial charge on any atom is 0.505 e. The molecule has 0 spiro atoms. The molecule has 0 radical (unpaired) electrons. The van der Waals surface area contributed by atoms with Gasteiger partial charge in [0.1, 0.15) is 12.2 Å². The van der Waals surface area contributed by atoms with Crippen LogP contribution in [0.5, 0.6) is 0 Å². The summed E-state index contributed by atoms with van der Waals surface area (Å²) < 4.78 is 9.64. The minimum Gasteiger partial charge on any atom is -0.450 e. The highest BCUT2D eigenvalue weighted by atomic mass is 16.7. The molecule has 1 fully saturated rings. The van der Waals surface area contributed by atoms with E-state index >= 15 is 0 Å². The van der Waals surface area contributed by atoms with Crippen LogP contribution in [0.1, 0.15) is 20.3 Å². The first-order chi connectivity index (χ1) is 5.10. The number of hydrogen-bond donors (Lipinski definition) is 1. The lowest BCUT2D eigenvalue weighted by molar-refractivity contribution is 0.0657. The Morgan fingerprint density at radius 2 is 2.36 bits per heavy atom. The molecule has 1 N–H and O–H groups in total. The summed E-state index contributed by atoms with van der Waals surface area (Å²) in [4.78, 5) is 10.0. The van der Waals surface area contributed by atoms with Gasteiger partial charge in [-0.15, -0.1) is 0 Å². The second-order valence-corrected chi connectivity index (χ2v) is 2.73. The van der Waals surface area contributed by atoms with Crippen LogP contribution in [-0.2, 0) is 9.47 Å². The van der Waals surface area contributed by atoms with E-state index in [0.717, 1.165) is 6.42 Å². The summed E-state index contributed by atoms with van der Waals surface area (Å²) in [5.41, 5.74) is -0.321. The second kappa shape index (κ2) is 2.70. The van der Waals surface area contributed by atoms with E-state index in [9.17, 15) is 4.79 Å². The van der Waals surface area contributed by atoms with Crippen molar-refractivity contribution in [2.24, 2.45) is 0 Å². The summed E-state index contributed by atoms with van der Waals surface area (Å²) in [5.74, 6) is 0. The van der Waals surface area contributed by atoms with Crippen molar-refractivity contribution in [1.29, 1.82) is 0 Å². The van der Waals surface area contributed by atoms with Gasteiger partial charge in [-0.05, 0) is 13.3 Å². The average molecular weight is 160 g/mol. The first kappa shape index (κ1) is 8.33. The third-order valence-corrected chi connectivity index (χ3v) is 2.13. The fraction of sp³-hybridized carbons (Fsp3) is 0.857. The van der Waals surface area contributed by atoms with Crippen molar-refractivity contribution in [2.75, 3.05) is 6.61 Å². The van der Waals surface area contributed by atoms with Crippen molar-refractivity contribution in [3.05, 3.63) is 0 Å². The molecule has 0 amide bonds. The molecule has 1 rings (SSSR count). The quantitative estimate of drug-likeness (QED) is 0.498. The topological polar surface area (TPSA) is 59.1 Å². The smallest absolute Gasteiger partial charge is 0.450 e. The predicted octanol–water partition coefficient (Wildman–Crippen LogP) is 1.25. The predicted molar refractivity (Wildman–Crippen MR) is 37.5 cm³/mol. The van der Waals surface area contributed by atoms with Gasteiger partial charge in [0.2, 0.25) is 0 Å². The summed E-state index contributed by atoms with van der Waals surface area (Å²) in [6, 6.07) is 0. The Bertz CT molecular complexity index is 164. The van der Waals surface area contributed by atoms with E-state index in [1.54, 1.807) is 0 Å². The SMILES string of the molecule is CCC1(COC(=O)O)OC1C. The van der Waals surface area contributed by atoms with Crippen molar-refractivity contribution in [3.63, 3.8) is 0 Å². The van der Waals surface area contributed by atoms with Crippen molar-refractivity contribution >= 4 is 6.16 Å². The number of carbonyl (C=O) groups is 1. The molecular weight excluding hydrogens is 148 g/mol. The van der Waals surface area contributed by atoms with E-state index in [4.69, 9.17) is 9.84 Å². The van der Waals surface area contributed by atoms with E-state index in [2.05, 4.69) is 4.74 Å². The average Bonchev–Trinajstić information content (AvgIpc) is 2.59. The second-order valence-electron chi connectivity index (χ2n) is 2.73. The standard InChI is InChI=1S/C7H12O4/c1-3-7(5(2)11-7)4-10-6(8)9/h5H,3-4H2,1-2H3,(H,8,9). The fourth-order valence-corrected chi connectivity index (χ4v) is 1.13. The van der Waals surface area contributed by atoms with Crippen LogP contribution in [0.25, 0.3) is 0 Å². The molecule has 64 valence electrons. The first-order valence-electron chi connectivity index (χ1n) is 3.64. The molecule has 2 unspecified atom stereocenters. The number of ether oxygens (including phenoxy) is 2. The summed E-state index contributed by atoms with van der Waals surface area (Å²) in [6.07, 6.45) is -0.311. The van der Waals surface area contributed by atoms with Crippen LogP contribution in [0, 0.1) is 0 Å². The molecule has 2 atom stereocenters. The van der Waals surface area contributed by atoms with Gasteiger partial charge in [0.15, 0.2) is 0 Å². The van der Waals surface area contributed by atoms with Crippen LogP contribution in [0.4, 0.5) is 4.79 Å². The van der Waals surface area contributed by atoms with Crippen LogP contribution in [0.2, 0.25) is 0 Å². The highest BCUT2D eigenvalue weighted by molar-refractivity contribution is 5.56. The van der Waals surface area contributed by atoms with Gasteiger partial charge in [0, 0.05) is 0 Å². The highest BCUT2D eigenvalue weighted by Crippen LogP contribution is 2.39. The molecular formula is C7H12O4. The molecule has 11 heavy (non-hydrogen) atoms. The first-order valence-corrected chi connectivity index (χ1v) is 3.64. The van der Waals surface area contributed by atoms with Crippen LogP contribution in [0.15, 0.2) is 0 Å². The molecule has 0 aliphatic carbocycles. The molecule has 0 saturated carbocycles. The number of hydrogen-bond acceptors (Lipinski definition) is 3. The highest BCUT2D eigenvalue weighted by Gasteiger charge is 2.52. The Hall–Kier alpha value is -0.770. The zero-order chi connectivity index (χ0) is 8.48. The van der Waals surface area contributed by atoms with Gasteiger partial charge in [-0.1, -0.05) is 6.92 Å². The fourth-order valence-electron chi connectivity index (χ4n) is 1.13. The molecule has 1 aliphatic rings. The summed E-state index contributed by atoms with van der Waals surface area (Å²) in [7, 11) is 0. The van der Waals surface area contributed by atoms with E-state index in [0.29, 0.717) is 0 Å². The lowest BCUT2D eigenvalue weighted by Crippen LogP contribution is -2.22. The summed E-state index contributed by atoms with van der Waals surface area (Å²) in [6.45, 7) is 4.02. The van der Waals surface area contributed by atoms with Crippen LogP contribution in [0.3, 0.4) is 0 Å². The van der Waals surface area contributed by atoms with Gasteiger partial charge < -0.3 is 14.6 Å². The molecule has 0 bridgehead atoms. The molecule has 0 aromatic heterocycles. The van der Waals surface area contributed by atoms with Gasteiger partial charge in [0.05, 0.1) is 6.10 Å². The molecule has 0 aromatic carbocycles. The van der Waals surface area contributed by atoms with Crippen molar-refractivity contribution in [2.45, 2.75) is 32.0 Å². The normalized spacial score (nSPS) is 34.9. The van der Waals surface area contributed by atoms with Crippen LogP contribution < -0.4 is 0 Å². The lowest BCUT2D eigenvalue weighted by atomic mass is 10.1.